The number of hydrogen-bond donors (Lipinski definition) is 2. The van der Waals surface area contributed by atoms with Gasteiger partial charge in [0.2, 0.25) is 17.7 Å². The van der Waals surface area contributed by atoms with Crippen LogP contribution in [-0.2, 0) is 38.1 Å². The van der Waals surface area contributed by atoms with E-state index in [4.69, 9.17) is 29.2 Å². The van der Waals surface area contributed by atoms with E-state index in [0.717, 1.165) is 4.90 Å². The second-order valence-corrected chi connectivity index (χ2v) is 8.99. The molecule has 0 aromatic heterocycles. The molecule has 1 atom stereocenters. The van der Waals surface area contributed by atoms with E-state index in [9.17, 15) is 24.0 Å². The number of azide groups is 1. The third-order valence-corrected chi connectivity index (χ3v) is 6.10. The van der Waals surface area contributed by atoms with Gasteiger partial charge in [0, 0.05) is 17.9 Å². The predicted molar refractivity (Wildman–Crippen MR) is 144 cm³/mol. The minimum atomic E-state index is -1.09. The number of fused-ring (bicyclic) bond motifs is 1. The lowest BCUT2D eigenvalue weighted by Crippen LogP contribution is -2.54. The smallest absolute Gasteiger partial charge is 0.264 e. The van der Waals surface area contributed by atoms with E-state index in [-0.39, 0.29) is 49.3 Å². The van der Waals surface area contributed by atoms with Crippen molar-refractivity contribution in [1.82, 2.24) is 10.2 Å². The van der Waals surface area contributed by atoms with Crippen LogP contribution in [0.25, 0.3) is 10.4 Å². The van der Waals surface area contributed by atoms with Gasteiger partial charge < -0.3 is 29.0 Å². The Bertz CT molecular complexity index is 1170. The molecule has 1 fully saturated rings. The van der Waals surface area contributed by atoms with Gasteiger partial charge in [0.15, 0.2) is 0 Å². The molecule has 2 N–H and O–H groups in total. The van der Waals surface area contributed by atoms with Crippen LogP contribution in [0, 0.1) is 0 Å². The Morgan fingerprint density at radius 2 is 1.50 bits per heavy atom. The highest BCUT2D eigenvalue weighted by Crippen LogP contribution is 2.32. The first-order valence-corrected chi connectivity index (χ1v) is 13.5. The lowest BCUT2D eigenvalue weighted by molar-refractivity contribution is -0.136. The summed E-state index contributed by atoms with van der Waals surface area (Å²) in [6, 6.07) is 3.40. The van der Waals surface area contributed by atoms with E-state index in [1.165, 1.54) is 18.2 Å². The minimum absolute atomic E-state index is 0.00458. The van der Waals surface area contributed by atoms with E-state index in [2.05, 4.69) is 20.7 Å². The van der Waals surface area contributed by atoms with Crippen molar-refractivity contribution in [3.63, 3.8) is 0 Å². The molecule has 1 aromatic rings. The van der Waals surface area contributed by atoms with Crippen molar-refractivity contribution >= 4 is 35.2 Å². The Morgan fingerprint density at radius 3 is 2.10 bits per heavy atom. The van der Waals surface area contributed by atoms with Crippen LogP contribution in [0.1, 0.15) is 40.0 Å². The van der Waals surface area contributed by atoms with E-state index >= 15 is 0 Å². The Labute approximate surface area is 241 Å². The molecule has 42 heavy (non-hydrogen) atoms. The number of carbonyl (C=O) groups is 5. The summed E-state index contributed by atoms with van der Waals surface area (Å²) in [7, 11) is 0. The van der Waals surface area contributed by atoms with Crippen LogP contribution < -0.4 is 10.6 Å². The summed E-state index contributed by atoms with van der Waals surface area (Å²) in [4.78, 5) is 65.6. The van der Waals surface area contributed by atoms with Gasteiger partial charge in [-0.3, -0.25) is 34.2 Å². The lowest BCUT2D eigenvalue weighted by Gasteiger charge is -2.27. The molecule has 2 aliphatic rings. The van der Waals surface area contributed by atoms with Gasteiger partial charge in [-0.05, 0) is 24.1 Å². The van der Waals surface area contributed by atoms with Gasteiger partial charge in [-0.15, -0.1) is 0 Å². The van der Waals surface area contributed by atoms with Gasteiger partial charge in [0.05, 0.1) is 89.3 Å². The zero-order chi connectivity index (χ0) is 30.2. The van der Waals surface area contributed by atoms with E-state index < -0.39 is 35.6 Å². The molecule has 0 spiro atoms. The highest BCUT2D eigenvalue weighted by Gasteiger charge is 2.45. The van der Waals surface area contributed by atoms with Crippen LogP contribution in [0.2, 0.25) is 0 Å². The second-order valence-electron chi connectivity index (χ2n) is 8.99. The van der Waals surface area contributed by atoms with Crippen LogP contribution in [0.3, 0.4) is 0 Å². The quantitative estimate of drug-likeness (QED) is 0.0718. The third kappa shape index (κ3) is 9.87. The van der Waals surface area contributed by atoms with Crippen LogP contribution in [0.4, 0.5) is 5.69 Å². The van der Waals surface area contributed by atoms with Crippen molar-refractivity contribution in [1.29, 1.82) is 0 Å². The maximum atomic E-state index is 13.1. The Balaban J connectivity index is 1.24. The molecule has 1 unspecified atom stereocenters. The standard InChI is InChI=1S/C26H34N6O10/c27-31-28-7-9-39-11-13-41-15-17-42-16-14-40-12-10-38-8-6-22(34)29-19-3-1-2-18-23(19)26(37)32(25(18)36)20-4-5-21(33)30-24(20)35/h1-3,20H,4-17H2,(H,29,34)(H,30,33,35). The van der Waals surface area contributed by atoms with E-state index in [1.54, 1.807) is 0 Å². The van der Waals surface area contributed by atoms with Crippen LogP contribution in [0.15, 0.2) is 23.3 Å². The Hall–Kier alpha value is -3.92. The number of anilines is 1. The van der Waals surface area contributed by atoms with Gasteiger partial charge >= 0.3 is 0 Å². The van der Waals surface area contributed by atoms with Crippen molar-refractivity contribution < 1.29 is 47.7 Å². The number of ether oxygens (including phenoxy) is 5. The molecule has 2 heterocycles. The molecule has 16 nitrogen and oxygen atoms in total. The first-order chi connectivity index (χ1) is 20.4. The minimum Gasteiger partial charge on any atom is -0.379 e. The number of nitrogens with zero attached hydrogens (tertiary/aromatic N) is 4. The highest BCUT2D eigenvalue weighted by molar-refractivity contribution is 6.26. The molecule has 1 saturated heterocycles. The molecule has 5 amide bonds. The Kier molecular flexibility index (Phi) is 13.8. The largest absolute Gasteiger partial charge is 0.379 e. The normalized spacial score (nSPS) is 16.3. The summed E-state index contributed by atoms with van der Waals surface area (Å²) in [5.41, 5.74) is 8.39. The number of nitrogens with one attached hydrogen (secondary N) is 2. The molecule has 0 aliphatic carbocycles. The topological polar surface area (TPSA) is 208 Å². The predicted octanol–water partition coefficient (Wildman–Crippen LogP) is 0.810. The van der Waals surface area contributed by atoms with Gasteiger partial charge in [0.1, 0.15) is 6.04 Å². The first kappa shape index (κ1) is 32.6. The Morgan fingerprint density at radius 1 is 0.905 bits per heavy atom. The van der Waals surface area contributed by atoms with Crippen LogP contribution >= 0.6 is 0 Å². The number of imide groups is 2. The summed E-state index contributed by atoms with van der Waals surface area (Å²) in [6.07, 6.45) is 0.0638. The van der Waals surface area contributed by atoms with Crippen molar-refractivity contribution in [3.05, 3.63) is 39.8 Å². The molecule has 0 bridgehead atoms. The molecule has 2 aliphatic heterocycles. The fourth-order valence-corrected chi connectivity index (χ4v) is 4.13. The maximum absolute atomic E-state index is 13.1. The number of amides is 5. The zero-order valence-electron chi connectivity index (χ0n) is 23.1. The molecule has 228 valence electrons. The van der Waals surface area contributed by atoms with Gasteiger partial charge in [-0.1, -0.05) is 11.2 Å². The molecule has 3 rings (SSSR count). The highest BCUT2D eigenvalue weighted by atomic mass is 16.6. The maximum Gasteiger partial charge on any atom is 0.264 e. The molecule has 0 radical (unpaired) electrons. The van der Waals surface area contributed by atoms with Gasteiger partial charge in [-0.2, -0.15) is 0 Å². The van der Waals surface area contributed by atoms with Crippen molar-refractivity contribution in [3.8, 4) is 0 Å². The fourth-order valence-electron chi connectivity index (χ4n) is 4.13. The van der Waals surface area contributed by atoms with Crippen LogP contribution in [-0.4, -0.2) is 113 Å². The summed E-state index contributed by atoms with van der Waals surface area (Å²) >= 11 is 0. The number of rotatable bonds is 20. The summed E-state index contributed by atoms with van der Waals surface area (Å²) in [5.74, 6) is -2.93. The van der Waals surface area contributed by atoms with Crippen molar-refractivity contribution in [2.45, 2.75) is 25.3 Å². The molecular weight excluding hydrogens is 556 g/mol. The molecular formula is C26H34N6O10. The molecule has 0 saturated carbocycles. The van der Waals surface area contributed by atoms with Crippen molar-refractivity contribution in [2.24, 2.45) is 5.11 Å². The average molecular weight is 591 g/mol. The monoisotopic (exact) mass is 590 g/mol. The second kappa shape index (κ2) is 17.8. The summed E-state index contributed by atoms with van der Waals surface area (Å²) in [5, 5.41) is 8.14. The average Bonchev–Trinajstić information content (AvgIpc) is 3.22. The fraction of sp³-hybridized carbons (Fsp3) is 0.577. The number of benzene rings is 1. The van der Waals surface area contributed by atoms with Gasteiger partial charge in [-0.25, -0.2) is 0 Å². The number of carbonyl (C=O) groups excluding carboxylic acids is 5. The molecule has 1 aromatic carbocycles. The third-order valence-electron chi connectivity index (χ3n) is 6.10. The summed E-state index contributed by atoms with van der Waals surface area (Å²) < 4.78 is 26.7. The number of piperidine rings is 1. The summed E-state index contributed by atoms with van der Waals surface area (Å²) in [6.45, 7) is 3.75. The molecule has 16 heteroatoms. The SMILES string of the molecule is [N-]=[N+]=NCCOCCOCCOCCOCCOCCC(=O)Nc1cccc2c1C(=O)N(C1CCC(=O)NC1=O)C2=O. The van der Waals surface area contributed by atoms with E-state index in [0.29, 0.717) is 59.4 Å². The number of hydrogen-bond acceptors (Lipinski definition) is 11. The van der Waals surface area contributed by atoms with Crippen molar-refractivity contribution in [2.75, 3.05) is 77.9 Å². The van der Waals surface area contributed by atoms with E-state index in [1.807, 2.05) is 0 Å². The zero-order valence-corrected chi connectivity index (χ0v) is 23.1. The first-order valence-electron chi connectivity index (χ1n) is 13.5. The lowest BCUT2D eigenvalue weighted by atomic mass is 10.0. The van der Waals surface area contributed by atoms with Crippen LogP contribution in [0.5, 0.6) is 0 Å². The van der Waals surface area contributed by atoms with Gasteiger partial charge in [0.25, 0.3) is 11.8 Å².